The van der Waals surface area contributed by atoms with Gasteiger partial charge in [-0.25, -0.2) is 4.98 Å². The van der Waals surface area contributed by atoms with Crippen molar-refractivity contribution in [2.75, 3.05) is 13.1 Å². The molecule has 0 bridgehead atoms. The number of carbonyl (C=O) groups excluding carboxylic acids is 1. The molecule has 1 amide bonds. The van der Waals surface area contributed by atoms with Gasteiger partial charge in [-0.15, -0.1) is 0 Å². The van der Waals surface area contributed by atoms with Crippen LogP contribution in [0.2, 0.25) is 5.02 Å². The molecule has 2 aromatic carbocycles. The number of carbonyl (C=O) groups is 1. The summed E-state index contributed by atoms with van der Waals surface area (Å²) in [4.78, 5) is 19.5. The van der Waals surface area contributed by atoms with Crippen LogP contribution in [-0.4, -0.2) is 34.9 Å². The van der Waals surface area contributed by atoms with Crippen LogP contribution >= 0.6 is 11.6 Å². The Kier molecular flexibility index (Phi) is 5.37. The smallest absolute Gasteiger partial charge is 0.270 e. The van der Waals surface area contributed by atoms with Gasteiger partial charge in [0.1, 0.15) is 5.69 Å². The topological polar surface area (TPSA) is 45.2 Å². The molecule has 1 fully saturated rings. The number of amides is 1. The van der Waals surface area contributed by atoms with Gasteiger partial charge in [0.25, 0.3) is 5.91 Å². The van der Waals surface area contributed by atoms with E-state index in [-0.39, 0.29) is 11.9 Å². The van der Waals surface area contributed by atoms with Crippen molar-refractivity contribution in [3.63, 3.8) is 0 Å². The van der Waals surface area contributed by atoms with Gasteiger partial charge in [-0.1, -0.05) is 48.0 Å². The van der Waals surface area contributed by atoms with Crippen molar-refractivity contribution in [1.29, 1.82) is 0 Å². The first-order valence-corrected chi connectivity index (χ1v) is 9.69. The Balaban J connectivity index is 1.31. The molecule has 3 aromatic rings. The molecule has 1 aromatic heterocycles. The molecule has 1 aliphatic rings. The van der Waals surface area contributed by atoms with Crippen molar-refractivity contribution in [1.82, 2.24) is 15.2 Å². The summed E-state index contributed by atoms with van der Waals surface area (Å²) in [6.45, 7) is 2.86. The minimum Gasteiger partial charge on any atom is -0.348 e. The average Bonchev–Trinajstić information content (AvgIpc) is 2.71. The van der Waals surface area contributed by atoms with Crippen LogP contribution in [-0.2, 0) is 6.54 Å². The highest BCUT2D eigenvalue weighted by molar-refractivity contribution is 6.30. The van der Waals surface area contributed by atoms with Crippen LogP contribution in [0.15, 0.2) is 60.7 Å². The van der Waals surface area contributed by atoms with Gasteiger partial charge in [-0.3, -0.25) is 9.69 Å². The number of fused-ring (bicyclic) bond motifs is 1. The Morgan fingerprint density at radius 2 is 1.78 bits per heavy atom. The Labute approximate surface area is 164 Å². The van der Waals surface area contributed by atoms with Gasteiger partial charge >= 0.3 is 0 Å². The molecule has 0 aliphatic carbocycles. The number of pyridine rings is 1. The molecule has 4 nitrogen and oxygen atoms in total. The summed E-state index contributed by atoms with van der Waals surface area (Å²) >= 11 is 5.95. The zero-order valence-electron chi connectivity index (χ0n) is 15.1. The maximum absolute atomic E-state index is 12.6. The fourth-order valence-corrected chi connectivity index (χ4v) is 3.66. The SMILES string of the molecule is O=C(NC1CCN(Cc2ccc(Cl)cc2)CC1)c1ccc2ccccc2n1. The summed E-state index contributed by atoms with van der Waals surface area (Å²) < 4.78 is 0. The molecule has 0 radical (unpaired) electrons. The number of aromatic nitrogens is 1. The highest BCUT2D eigenvalue weighted by Crippen LogP contribution is 2.17. The number of benzene rings is 2. The van der Waals surface area contributed by atoms with Crippen molar-refractivity contribution < 1.29 is 4.79 Å². The third-order valence-electron chi connectivity index (χ3n) is 5.07. The van der Waals surface area contributed by atoms with Gasteiger partial charge in [-0.2, -0.15) is 0 Å². The van der Waals surface area contributed by atoms with E-state index in [9.17, 15) is 4.79 Å². The number of hydrogen-bond acceptors (Lipinski definition) is 3. The molecule has 5 heteroatoms. The largest absolute Gasteiger partial charge is 0.348 e. The number of nitrogens with one attached hydrogen (secondary N) is 1. The Morgan fingerprint density at radius 3 is 2.56 bits per heavy atom. The third-order valence-corrected chi connectivity index (χ3v) is 5.33. The Morgan fingerprint density at radius 1 is 1.04 bits per heavy atom. The van der Waals surface area contributed by atoms with E-state index in [1.807, 2.05) is 42.5 Å². The maximum Gasteiger partial charge on any atom is 0.270 e. The molecule has 27 heavy (non-hydrogen) atoms. The molecule has 138 valence electrons. The normalized spacial score (nSPS) is 15.7. The van der Waals surface area contributed by atoms with E-state index in [0.29, 0.717) is 5.69 Å². The van der Waals surface area contributed by atoms with E-state index < -0.39 is 0 Å². The zero-order valence-corrected chi connectivity index (χ0v) is 15.8. The number of likely N-dealkylation sites (tertiary alicyclic amines) is 1. The third kappa shape index (κ3) is 4.46. The monoisotopic (exact) mass is 379 g/mol. The molecule has 2 heterocycles. The molecule has 1 aliphatic heterocycles. The number of para-hydroxylation sites is 1. The van der Waals surface area contributed by atoms with Crippen molar-refractivity contribution >= 4 is 28.4 Å². The lowest BCUT2D eigenvalue weighted by Crippen LogP contribution is -2.44. The Bertz CT molecular complexity index is 934. The van der Waals surface area contributed by atoms with Crippen molar-refractivity contribution in [2.45, 2.75) is 25.4 Å². The van der Waals surface area contributed by atoms with Gasteiger partial charge < -0.3 is 5.32 Å². The lowest BCUT2D eigenvalue weighted by Gasteiger charge is -2.32. The van der Waals surface area contributed by atoms with E-state index >= 15 is 0 Å². The molecule has 0 atom stereocenters. The standard InChI is InChI=1S/C22H22ClN3O/c23-18-8-5-16(6-9-18)15-26-13-11-19(12-14-26)24-22(27)21-10-7-17-3-1-2-4-20(17)25-21/h1-10,19H,11-15H2,(H,24,27). The van der Waals surface area contributed by atoms with Gasteiger partial charge in [0.15, 0.2) is 0 Å². The van der Waals surface area contributed by atoms with Crippen molar-refractivity contribution in [2.24, 2.45) is 0 Å². The van der Waals surface area contributed by atoms with Crippen LogP contribution in [0.25, 0.3) is 10.9 Å². The van der Waals surface area contributed by atoms with Crippen LogP contribution in [0, 0.1) is 0 Å². The zero-order chi connectivity index (χ0) is 18.6. The van der Waals surface area contributed by atoms with E-state index in [1.54, 1.807) is 6.07 Å². The minimum atomic E-state index is -0.0862. The molecule has 0 unspecified atom stereocenters. The first kappa shape index (κ1) is 18.0. The van der Waals surface area contributed by atoms with Crippen LogP contribution in [0.1, 0.15) is 28.9 Å². The second-order valence-electron chi connectivity index (χ2n) is 7.04. The van der Waals surface area contributed by atoms with E-state index in [1.165, 1.54) is 5.56 Å². The molecule has 0 spiro atoms. The van der Waals surface area contributed by atoms with E-state index in [2.05, 4.69) is 27.3 Å². The Hall–Kier alpha value is -2.43. The number of piperidine rings is 1. The number of halogens is 1. The first-order chi connectivity index (χ1) is 13.2. The van der Waals surface area contributed by atoms with Crippen molar-refractivity contribution in [3.05, 3.63) is 76.9 Å². The summed E-state index contributed by atoms with van der Waals surface area (Å²) in [6, 6.07) is 19.8. The van der Waals surface area contributed by atoms with Crippen LogP contribution in [0.5, 0.6) is 0 Å². The predicted octanol–water partition coefficient (Wildman–Crippen LogP) is 4.28. The molecular weight excluding hydrogens is 358 g/mol. The van der Waals surface area contributed by atoms with Crippen LogP contribution < -0.4 is 5.32 Å². The summed E-state index contributed by atoms with van der Waals surface area (Å²) in [5.41, 5.74) is 2.60. The van der Waals surface area contributed by atoms with Crippen molar-refractivity contribution in [3.8, 4) is 0 Å². The predicted molar refractivity (Wildman–Crippen MR) is 109 cm³/mol. The van der Waals surface area contributed by atoms with Crippen LogP contribution in [0.4, 0.5) is 0 Å². The second kappa shape index (κ2) is 8.07. The highest BCUT2D eigenvalue weighted by atomic mass is 35.5. The maximum atomic E-state index is 12.6. The molecule has 1 N–H and O–H groups in total. The van der Waals surface area contributed by atoms with E-state index in [0.717, 1.165) is 48.4 Å². The van der Waals surface area contributed by atoms with Gasteiger partial charge in [-0.05, 0) is 42.7 Å². The summed E-state index contributed by atoms with van der Waals surface area (Å²) in [6.07, 6.45) is 1.90. The lowest BCUT2D eigenvalue weighted by molar-refractivity contribution is 0.0904. The number of hydrogen-bond donors (Lipinski definition) is 1. The lowest BCUT2D eigenvalue weighted by atomic mass is 10.0. The average molecular weight is 380 g/mol. The van der Waals surface area contributed by atoms with Crippen LogP contribution in [0.3, 0.4) is 0 Å². The molecule has 4 rings (SSSR count). The fraction of sp³-hybridized carbons (Fsp3) is 0.273. The molecule has 1 saturated heterocycles. The first-order valence-electron chi connectivity index (χ1n) is 9.31. The number of rotatable bonds is 4. The highest BCUT2D eigenvalue weighted by Gasteiger charge is 2.21. The fourth-order valence-electron chi connectivity index (χ4n) is 3.54. The summed E-state index contributed by atoms with van der Waals surface area (Å²) in [5, 5.41) is 4.96. The van der Waals surface area contributed by atoms with Gasteiger partial charge in [0.2, 0.25) is 0 Å². The van der Waals surface area contributed by atoms with Gasteiger partial charge in [0, 0.05) is 36.1 Å². The van der Waals surface area contributed by atoms with Gasteiger partial charge in [0.05, 0.1) is 5.52 Å². The minimum absolute atomic E-state index is 0.0862. The van der Waals surface area contributed by atoms with E-state index in [4.69, 9.17) is 11.6 Å². The number of nitrogens with zero attached hydrogens (tertiary/aromatic N) is 2. The second-order valence-corrected chi connectivity index (χ2v) is 7.48. The molecular formula is C22H22ClN3O. The molecule has 0 saturated carbocycles. The quantitative estimate of drug-likeness (QED) is 0.735. The summed E-state index contributed by atoms with van der Waals surface area (Å²) in [5.74, 6) is -0.0862. The summed E-state index contributed by atoms with van der Waals surface area (Å²) in [7, 11) is 0.